The van der Waals surface area contributed by atoms with Gasteiger partial charge in [0.25, 0.3) is 0 Å². The van der Waals surface area contributed by atoms with Crippen LogP contribution >= 0.6 is 0 Å². The molecule has 1 aliphatic carbocycles. The van der Waals surface area contributed by atoms with Crippen molar-refractivity contribution in [1.29, 1.82) is 0 Å². The highest BCUT2D eigenvalue weighted by atomic mass is 16.5. The third kappa shape index (κ3) is 3.45. The molecule has 1 saturated carbocycles. The lowest BCUT2D eigenvalue weighted by Gasteiger charge is -2.45. The maximum Gasteiger partial charge on any atom is 0.0468 e. The van der Waals surface area contributed by atoms with Crippen LogP contribution in [0.25, 0.3) is 0 Å². The SMILES string of the molecule is CC1(C)CCC(CN)(CC2CCOCC2)CC1. The first kappa shape index (κ1) is 13.4. The van der Waals surface area contributed by atoms with Gasteiger partial charge in [0.1, 0.15) is 0 Å². The van der Waals surface area contributed by atoms with E-state index in [1.807, 2.05) is 0 Å². The van der Waals surface area contributed by atoms with E-state index in [1.54, 1.807) is 0 Å². The van der Waals surface area contributed by atoms with E-state index in [-0.39, 0.29) is 0 Å². The maximum absolute atomic E-state index is 6.11. The summed E-state index contributed by atoms with van der Waals surface area (Å²) < 4.78 is 5.46. The Kier molecular flexibility index (Phi) is 4.14. The zero-order valence-corrected chi connectivity index (χ0v) is 11.6. The van der Waals surface area contributed by atoms with Gasteiger partial charge >= 0.3 is 0 Å². The summed E-state index contributed by atoms with van der Waals surface area (Å²) >= 11 is 0. The second-order valence-electron chi connectivity index (χ2n) is 7.13. The third-order valence-corrected chi connectivity index (χ3v) is 5.16. The van der Waals surface area contributed by atoms with Gasteiger partial charge in [-0.1, -0.05) is 13.8 Å². The van der Waals surface area contributed by atoms with Crippen LogP contribution in [0, 0.1) is 16.7 Å². The molecule has 0 aromatic rings. The molecule has 2 nitrogen and oxygen atoms in total. The van der Waals surface area contributed by atoms with Crippen molar-refractivity contribution in [2.45, 2.75) is 58.8 Å². The van der Waals surface area contributed by atoms with Gasteiger partial charge < -0.3 is 10.5 Å². The van der Waals surface area contributed by atoms with E-state index >= 15 is 0 Å². The predicted octanol–water partition coefficient (Wildman–Crippen LogP) is 3.35. The molecule has 2 aliphatic rings. The summed E-state index contributed by atoms with van der Waals surface area (Å²) in [6.45, 7) is 7.64. The molecule has 0 amide bonds. The number of nitrogens with two attached hydrogens (primary N) is 1. The molecule has 1 aliphatic heterocycles. The smallest absolute Gasteiger partial charge is 0.0468 e. The van der Waals surface area contributed by atoms with Crippen molar-refractivity contribution in [3.05, 3.63) is 0 Å². The molecule has 0 radical (unpaired) electrons. The minimum atomic E-state index is 0.456. The van der Waals surface area contributed by atoms with Crippen molar-refractivity contribution in [2.75, 3.05) is 19.8 Å². The van der Waals surface area contributed by atoms with E-state index in [2.05, 4.69) is 13.8 Å². The molecule has 2 rings (SSSR count). The van der Waals surface area contributed by atoms with Gasteiger partial charge in [0.05, 0.1) is 0 Å². The monoisotopic (exact) mass is 239 g/mol. The maximum atomic E-state index is 6.11. The van der Waals surface area contributed by atoms with Gasteiger partial charge in [0, 0.05) is 13.2 Å². The summed E-state index contributed by atoms with van der Waals surface area (Å²) in [6, 6.07) is 0. The predicted molar refractivity (Wildman–Crippen MR) is 71.9 cm³/mol. The Morgan fingerprint density at radius 3 is 2.18 bits per heavy atom. The molecule has 0 unspecified atom stereocenters. The van der Waals surface area contributed by atoms with Gasteiger partial charge in [-0.15, -0.1) is 0 Å². The first-order valence-electron chi connectivity index (χ1n) is 7.33. The van der Waals surface area contributed by atoms with Gasteiger partial charge in [0.15, 0.2) is 0 Å². The summed E-state index contributed by atoms with van der Waals surface area (Å²) in [5.74, 6) is 0.869. The lowest BCUT2D eigenvalue weighted by atomic mass is 9.62. The molecule has 1 heterocycles. The van der Waals surface area contributed by atoms with Gasteiger partial charge in [-0.25, -0.2) is 0 Å². The number of rotatable bonds is 3. The molecule has 2 fully saturated rings. The van der Waals surface area contributed by atoms with E-state index in [0.717, 1.165) is 25.7 Å². The Morgan fingerprint density at radius 2 is 1.65 bits per heavy atom. The van der Waals surface area contributed by atoms with Crippen LogP contribution in [-0.4, -0.2) is 19.8 Å². The summed E-state index contributed by atoms with van der Waals surface area (Å²) in [5, 5.41) is 0. The zero-order chi connectivity index (χ0) is 12.4. The molecule has 2 heteroatoms. The van der Waals surface area contributed by atoms with E-state index in [1.165, 1.54) is 44.9 Å². The summed E-state index contributed by atoms with van der Waals surface area (Å²) in [7, 11) is 0. The largest absolute Gasteiger partial charge is 0.381 e. The van der Waals surface area contributed by atoms with E-state index in [9.17, 15) is 0 Å². The Hall–Kier alpha value is -0.0800. The molecule has 17 heavy (non-hydrogen) atoms. The first-order valence-corrected chi connectivity index (χ1v) is 7.33. The number of ether oxygens (including phenoxy) is 1. The molecule has 2 N–H and O–H groups in total. The molecule has 0 aromatic carbocycles. The van der Waals surface area contributed by atoms with Crippen molar-refractivity contribution in [2.24, 2.45) is 22.5 Å². The highest BCUT2D eigenvalue weighted by Gasteiger charge is 2.38. The summed E-state index contributed by atoms with van der Waals surface area (Å²) in [4.78, 5) is 0. The Balaban J connectivity index is 1.91. The van der Waals surface area contributed by atoms with Crippen molar-refractivity contribution < 1.29 is 4.74 Å². The van der Waals surface area contributed by atoms with E-state index < -0.39 is 0 Å². The van der Waals surface area contributed by atoms with Crippen LogP contribution in [-0.2, 0) is 4.74 Å². The molecule has 0 aromatic heterocycles. The van der Waals surface area contributed by atoms with Crippen LogP contribution in [0.15, 0.2) is 0 Å². The minimum absolute atomic E-state index is 0.456. The summed E-state index contributed by atoms with van der Waals surface area (Å²) in [5.41, 5.74) is 7.12. The lowest BCUT2D eigenvalue weighted by molar-refractivity contribution is 0.0267. The molecular formula is C15H29NO. The van der Waals surface area contributed by atoms with E-state index in [4.69, 9.17) is 10.5 Å². The molecule has 100 valence electrons. The fraction of sp³-hybridized carbons (Fsp3) is 1.00. The van der Waals surface area contributed by atoms with Gasteiger partial charge in [-0.05, 0) is 68.2 Å². The Labute approximate surface area is 106 Å². The van der Waals surface area contributed by atoms with Crippen LogP contribution in [0.3, 0.4) is 0 Å². The number of hydrogen-bond acceptors (Lipinski definition) is 2. The first-order chi connectivity index (χ1) is 8.05. The molecule has 0 spiro atoms. The van der Waals surface area contributed by atoms with Crippen molar-refractivity contribution in [1.82, 2.24) is 0 Å². The van der Waals surface area contributed by atoms with Gasteiger partial charge in [-0.2, -0.15) is 0 Å². The Morgan fingerprint density at radius 1 is 1.06 bits per heavy atom. The second-order valence-corrected chi connectivity index (χ2v) is 7.13. The van der Waals surface area contributed by atoms with E-state index in [0.29, 0.717) is 10.8 Å². The molecule has 1 saturated heterocycles. The second kappa shape index (κ2) is 5.27. The van der Waals surface area contributed by atoms with Crippen molar-refractivity contribution >= 4 is 0 Å². The van der Waals surface area contributed by atoms with Gasteiger partial charge in [-0.3, -0.25) is 0 Å². The molecule has 0 bridgehead atoms. The van der Waals surface area contributed by atoms with Crippen molar-refractivity contribution in [3.63, 3.8) is 0 Å². The zero-order valence-electron chi connectivity index (χ0n) is 11.6. The topological polar surface area (TPSA) is 35.2 Å². The van der Waals surface area contributed by atoms with Crippen LogP contribution in [0.4, 0.5) is 0 Å². The third-order valence-electron chi connectivity index (χ3n) is 5.16. The van der Waals surface area contributed by atoms with Crippen LogP contribution < -0.4 is 5.73 Å². The average molecular weight is 239 g/mol. The highest BCUT2D eigenvalue weighted by molar-refractivity contribution is 4.91. The lowest BCUT2D eigenvalue weighted by Crippen LogP contribution is -2.39. The van der Waals surface area contributed by atoms with Crippen molar-refractivity contribution in [3.8, 4) is 0 Å². The van der Waals surface area contributed by atoms with Crippen LogP contribution in [0.1, 0.15) is 58.8 Å². The standard InChI is InChI=1S/C15H29NO/c1-14(2)5-7-15(12-16,8-6-14)11-13-3-9-17-10-4-13/h13H,3-12,16H2,1-2H3. The average Bonchev–Trinajstić information content (AvgIpc) is 2.34. The molecular weight excluding hydrogens is 210 g/mol. The normalized spacial score (nSPS) is 29.1. The highest BCUT2D eigenvalue weighted by Crippen LogP contribution is 2.48. The Bertz CT molecular complexity index is 233. The van der Waals surface area contributed by atoms with Crippen LogP contribution in [0.5, 0.6) is 0 Å². The molecule has 0 atom stereocenters. The quantitative estimate of drug-likeness (QED) is 0.819. The fourth-order valence-electron chi connectivity index (χ4n) is 3.51. The minimum Gasteiger partial charge on any atom is -0.381 e. The summed E-state index contributed by atoms with van der Waals surface area (Å²) in [6.07, 6.45) is 9.25. The number of hydrogen-bond donors (Lipinski definition) is 1. The fourth-order valence-corrected chi connectivity index (χ4v) is 3.51. The van der Waals surface area contributed by atoms with Crippen LogP contribution in [0.2, 0.25) is 0 Å². The van der Waals surface area contributed by atoms with Gasteiger partial charge in [0.2, 0.25) is 0 Å².